The molecule has 2 aromatic rings. The highest BCUT2D eigenvalue weighted by Crippen LogP contribution is 2.37. The van der Waals surface area contributed by atoms with E-state index in [4.69, 9.17) is 0 Å². The molecule has 0 unspecified atom stereocenters. The Hall–Kier alpha value is -2.25. The SMILES string of the molecule is Cn1c(CCC(C)(C)O)nc2cc(C(C)(C)O)c(N3CC=CC=C3C(F)F)cc21. The molecular weight excluding hydrogens is 376 g/mol. The van der Waals surface area contributed by atoms with Crippen molar-refractivity contribution >= 4 is 16.7 Å². The predicted molar refractivity (Wildman–Crippen MR) is 111 cm³/mol. The topological polar surface area (TPSA) is 61.5 Å². The first-order valence-electron chi connectivity index (χ1n) is 9.75. The van der Waals surface area contributed by atoms with Crippen LogP contribution in [0.3, 0.4) is 0 Å². The Balaban J connectivity index is 2.15. The van der Waals surface area contributed by atoms with Crippen molar-refractivity contribution in [3.8, 4) is 0 Å². The lowest BCUT2D eigenvalue weighted by atomic mass is 9.94. The highest BCUT2D eigenvalue weighted by Gasteiger charge is 2.29. The second-order valence-corrected chi connectivity index (χ2v) is 8.75. The number of fused-ring (bicyclic) bond motifs is 1. The van der Waals surface area contributed by atoms with Crippen molar-refractivity contribution in [2.24, 2.45) is 7.05 Å². The standard InChI is InChI=1S/C22H29F2N3O2/c1-21(2,28)10-9-19-25-15-12-14(22(3,4)29)17(13-18(15)26(19)5)27-11-7-6-8-16(27)20(23)24/h6-8,12-13,20,28-29H,9-11H2,1-5H3. The maximum atomic E-state index is 13.6. The van der Waals surface area contributed by atoms with Gasteiger partial charge in [0.15, 0.2) is 0 Å². The van der Waals surface area contributed by atoms with E-state index in [2.05, 4.69) is 4.98 Å². The molecule has 0 spiro atoms. The minimum absolute atomic E-state index is 0.0956. The van der Waals surface area contributed by atoms with Gasteiger partial charge in [-0.25, -0.2) is 13.8 Å². The fourth-order valence-electron chi connectivity index (χ4n) is 3.59. The van der Waals surface area contributed by atoms with Gasteiger partial charge in [-0.15, -0.1) is 0 Å². The molecule has 3 rings (SSSR count). The number of rotatable bonds is 6. The Morgan fingerprint density at radius 2 is 1.86 bits per heavy atom. The summed E-state index contributed by atoms with van der Waals surface area (Å²) >= 11 is 0. The number of nitrogens with zero attached hydrogens (tertiary/aromatic N) is 3. The van der Waals surface area contributed by atoms with Gasteiger partial charge < -0.3 is 19.7 Å². The third-order valence-corrected chi connectivity index (χ3v) is 5.23. The number of aryl methyl sites for hydroxylation is 2. The summed E-state index contributed by atoms with van der Waals surface area (Å²) in [5.74, 6) is 0.795. The summed E-state index contributed by atoms with van der Waals surface area (Å²) in [6, 6.07) is 3.60. The molecule has 0 fully saturated rings. The molecule has 0 aliphatic carbocycles. The third kappa shape index (κ3) is 4.51. The van der Waals surface area contributed by atoms with Crippen molar-refractivity contribution in [3.05, 3.63) is 47.4 Å². The number of anilines is 1. The van der Waals surface area contributed by atoms with Gasteiger partial charge in [0.1, 0.15) is 5.82 Å². The number of halogens is 2. The van der Waals surface area contributed by atoms with Crippen LogP contribution in [-0.4, -0.2) is 38.3 Å². The zero-order valence-corrected chi connectivity index (χ0v) is 17.6. The molecule has 1 aromatic carbocycles. The monoisotopic (exact) mass is 405 g/mol. The van der Waals surface area contributed by atoms with E-state index in [1.165, 1.54) is 6.08 Å². The second kappa shape index (κ2) is 7.54. The average molecular weight is 405 g/mol. The van der Waals surface area contributed by atoms with Crippen molar-refractivity contribution < 1.29 is 19.0 Å². The molecule has 0 bridgehead atoms. The Morgan fingerprint density at radius 1 is 1.17 bits per heavy atom. The molecule has 5 nitrogen and oxygen atoms in total. The van der Waals surface area contributed by atoms with Crippen molar-refractivity contribution in [2.45, 2.75) is 58.2 Å². The zero-order valence-electron chi connectivity index (χ0n) is 17.6. The van der Waals surface area contributed by atoms with E-state index in [0.29, 0.717) is 36.2 Å². The van der Waals surface area contributed by atoms with Crippen LogP contribution in [0.1, 0.15) is 45.5 Å². The molecule has 1 aliphatic heterocycles. The Kier molecular flexibility index (Phi) is 5.58. The van der Waals surface area contributed by atoms with E-state index in [-0.39, 0.29) is 5.70 Å². The number of hydrogen-bond acceptors (Lipinski definition) is 4. The van der Waals surface area contributed by atoms with Gasteiger partial charge in [0.2, 0.25) is 0 Å². The van der Waals surface area contributed by atoms with Gasteiger partial charge >= 0.3 is 0 Å². The molecule has 1 aliphatic rings. The molecule has 0 saturated carbocycles. The Morgan fingerprint density at radius 3 is 2.45 bits per heavy atom. The van der Waals surface area contributed by atoms with E-state index < -0.39 is 17.6 Å². The van der Waals surface area contributed by atoms with E-state index in [1.807, 2.05) is 23.8 Å². The van der Waals surface area contributed by atoms with Crippen molar-refractivity contribution in [1.29, 1.82) is 0 Å². The van der Waals surface area contributed by atoms with Gasteiger partial charge in [0, 0.05) is 31.3 Å². The van der Waals surface area contributed by atoms with E-state index >= 15 is 0 Å². The van der Waals surface area contributed by atoms with Crippen LogP contribution in [0.5, 0.6) is 0 Å². The molecule has 0 saturated heterocycles. The summed E-state index contributed by atoms with van der Waals surface area (Å²) in [6.07, 6.45) is 3.34. The van der Waals surface area contributed by atoms with Gasteiger partial charge in [-0.05, 0) is 52.3 Å². The van der Waals surface area contributed by atoms with Crippen LogP contribution in [-0.2, 0) is 19.1 Å². The summed E-state index contributed by atoms with van der Waals surface area (Å²) in [6.45, 7) is 7.08. The number of hydrogen-bond donors (Lipinski definition) is 2. The molecule has 1 aromatic heterocycles. The Bertz CT molecular complexity index is 963. The summed E-state index contributed by atoms with van der Waals surface area (Å²) in [7, 11) is 1.88. The molecule has 158 valence electrons. The molecule has 2 N–H and O–H groups in total. The van der Waals surface area contributed by atoms with Gasteiger partial charge in [-0.3, -0.25) is 0 Å². The number of benzene rings is 1. The van der Waals surface area contributed by atoms with Crippen LogP contribution < -0.4 is 4.90 Å². The van der Waals surface area contributed by atoms with E-state index in [0.717, 1.165) is 11.3 Å². The molecule has 29 heavy (non-hydrogen) atoms. The smallest absolute Gasteiger partial charge is 0.278 e. The van der Waals surface area contributed by atoms with Gasteiger partial charge in [0.25, 0.3) is 6.43 Å². The lowest BCUT2D eigenvalue weighted by Gasteiger charge is -2.33. The summed E-state index contributed by atoms with van der Waals surface area (Å²) in [5.41, 5.74) is 0.427. The molecule has 0 atom stereocenters. The minimum Gasteiger partial charge on any atom is -0.390 e. The van der Waals surface area contributed by atoms with Crippen LogP contribution in [0.4, 0.5) is 14.5 Å². The average Bonchev–Trinajstić information content (AvgIpc) is 2.93. The summed E-state index contributed by atoms with van der Waals surface area (Å²) in [4.78, 5) is 6.22. The number of aliphatic hydroxyl groups is 2. The first kappa shape index (κ1) is 21.5. The van der Waals surface area contributed by atoms with Crippen molar-refractivity contribution in [2.75, 3.05) is 11.4 Å². The quantitative estimate of drug-likeness (QED) is 0.762. The largest absolute Gasteiger partial charge is 0.390 e. The number of alkyl halides is 2. The highest BCUT2D eigenvalue weighted by atomic mass is 19.3. The second-order valence-electron chi connectivity index (χ2n) is 8.75. The van der Waals surface area contributed by atoms with E-state index in [9.17, 15) is 19.0 Å². The van der Waals surface area contributed by atoms with E-state index in [1.54, 1.807) is 44.7 Å². The summed E-state index contributed by atoms with van der Waals surface area (Å²) < 4.78 is 29.2. The first-order chi connectivity index (χ1) is 13.4. The minimum atomic E-state index is -2.63. The maximum Gasteiger partial charge on any atom is 0.278 e. The predicted octanol–water partition coefficient (Wildman–Crippen LogP) is 4.03. The lowest BCUT2D eigenvalue weighted by Crippen LogP contribution is -2.31. The highest BCUT2D eigenvalue weighted by molar-refractivity contribution is 5.84. The van der Waals surface area contributed by atoms with Crippen LogP contribution in [0.15, 0.2) is 36.1 Å². The number of aromatic nitrogens is 2. The first-order valence-corrected chi connectivity index (χ1v) is 9.75. The van der Waals surface area contributed by atoms with Crippen LogP contribution >= 0.6 is 0 Å². The van der Waals surface area contributed by atoms with Crippen LogP contribution in [0.25, 0.3) is 11.0 Å². The van der Waals surface area contributed by atoms with Crippen molar-refractivity contribution in [3.63, 3.8) is 0 Å². The zero-order chi connectivity index (χ0) is 21.6. The van der Waals surface area contributed by atoms with Gasteiger partial charge in [0.05, 0.1) is 27.9 Å². The van der Waals surface area contributed by atoms with Gasteiger partial charge in [-0.1, -0.05) is 12.2 Å². The number of imidazole rings is 1. The van der Waals surface area contributed by atoms with Crippen LogP contribution in [0, 0.1) is 0 Å². The number of allylic oxidation sites excluding steroid dienone is 3. The van der Waals surface area contributed by atoms with Crippen molar-refractivity contribution in [1.82, 2.24) is 9.55 Å². The fourth-order valence-corrected chi connectivity index (χ4v) is 3.59. The molecule has 0 radical (unpaired) electrons. The molecule has 7 heteroatoms. The normalized spacial score (nSPS) is 15.5. The fraction of sp³-hybridized carbons (Fsp3) is 0.500. The molecule has 2 heterocycles. The maximum absolute atomic E-state index is 13.6. The third-order valence-electron chi connectivity index (χ3n) is 5.23. The Labute approximate surface area is 170 Å². The lowest BCUT2D eigenvalue weighted by molar-refractivity contribution is 0.0706. The molecular formula is C22H29F2N3O2. The summed E-state index contributed by atoms with van der Waals surface area (Å²) in [5, 5.41) is 20.8. The van der Waals surface area contributed by atoms with Crippen LogP contribution in [0.2, 0.25) is 0 Å². The molecule has 0 amide bonds. The van der Waals surface area contributed by atoms with Gasteiger partial charge in [-0.2, -0.15) is 0 Å².